The van der Waals surface area contributed by atoms with Gasteiger partial charge in [0, 0.05) is 22.1 Å². The molecule has 0 rings (SSSR count). The first-order chi connectivity index (χ1) is 9.36. The van der Waals surface area contributed by atoms with Gasteiger partial charge in [0.15, 0.2) is 0 Å². The molecule has 22 heavy (non-hydrogen) atoms. The molecule has 0 unspecified atom stereocenters. The fraction of sp³-hybridized carbons (Fsp3) is 1.00. The summed E-state index contributed by atoms with van der Waals surface area (Å²) in [5.41, 5.74) is 0. The van der Waals surface area contributed by atoms with Gasteiger partial charge in [0.25, 0.3) is 0 Å². The quantitative estimate of drug-likeness (QED) is 0.512. The predicted molar refractivity (Wildman–Crippen MR) is 86.1 cm³/mol. The van der Waals surface area contributed by atoms with Gasteiger partial charge in [-0.2, -0.15) is 0 Å². The van der Waals surface area contributed by atoms with Crippen LogP contribution < -0.4 is 14.7 Å². The van der Waals surface area contributed by atoms with E-state index in [2.05, 4.69) is 0 Å². The van der Waals surface area contributed by atoms with E-state index < -0.39 is 22.1 Å². The van der Waals surface area contributed by atoms with Gasteiger partial charge in [0.05, 0.1) is 0 Å². The minimum atomic E-state index is -2.90. The van der Waals surface area contributed by atoms with Crippen LogP contribution in [0.4, 0.5) is 0 Å². The van der Waals surface area contributed by atoms with Crippen LogP contribution in [0.25, 0.3) is 0 Å². The summed E-state index contributed by atoms with van der Waals surface area (Å²) in [6.45, 7) is 9.98. The third-order valence-corrected chi connectivity index (χ3v) is 8.67. The van der Waals surface area contributed by atoms with Crippen molar-refractivity contribution in [3.63, 3.8) is 0 Å². The molecule has 10 heteroatoms. The van der Waals surface area contributed by atoms with Crippen LogP contribution in [-0.4, -0.2) is 37.0 Å². The molecule has 0 spiro atoms. The van der Waals surface area contributed by atoms with E-state index in [4.69, 9.17) is 0 Å². The Morgan fingerprint density at radius 3 is 0.591 bits per heavy atom. The van der Waals surface area contributed by atoms with Gasteiger partial charge in [-0.25, -0.2) is 0 Å². The Morgan fingerprint density at radius 2 is 0.591 bits per heavy atom. The summed E-state index contributed by atoms with van der Waals surface area (Å²) in [5.74, 6) is 0. The molecule has 133 valence electrons. The van der Waals surface area contributed by atoms with Crippen molar-refractivity contribution in [2.24, 2.45) is 0 Å². The fourth-order valence-corrected chi connectivity index (χ4v) is 2.01. The molecule has 0 atom stereocenters. The zero-order chi connectivity index (χ0) is 17.7. The van der Waals surface area contributed by atoms with Gasteiger partial charge in [0.2, 0.25) is 0 Å². The average Bonchev–Trinajstić information content (AvgIpc) is 2.48. The number of hydrogen-bond donors (Lipinski definition) is 0. The second-order valence-corrected chi connectivity index (χ2v) is 13.0. The molecule has 0 heterocycles. The zero-order valence-electron chi connectivity index (χ0n) is 14.5. The first kappa shape index (κ1) is 31.7. The molecule has 0 bridgehead atoms. The van der Waals surface area contributed by atoms with E-state index in [9.17, 15) is 28.4 Å². The maximum Gasteiger partial charge on any atom is 3.00 e. The Bertz CT molecular complexity index is 308. The molecule has 0 aliphatic heterocycles. The SMILES string of the molecule is CCP(=O)([O-])CC.CCP(=O)([O-])CC.CCP(=O)([O-])CC.[Ce+3]. The van der Waals surface area contributed by atoms with E-state index in [0.29, 0.717) is 37.0 Å². The van der Waals surface area contributed by atoms with Crippen molar-refractivity contribution >= 4 is 22.1 Å². The summed E-state index contributed by atoms with van der Waals surface area (Å²) < 4.78 is 31.2. The summed E-state index contributed by atoms with van der Waals surface area (Å²) >= 11 is 0. The molecule has 1 radical (unpaired) electrons. The van der Waals surface area contributed by atoms with Crippen molar-refractivity contribution < 1.29 is 70.1 Å². The van der Waals surface area contributed by atoms with E-state index >= 15 is 0 Å². The van der Waals surface area contributed by atoms with E-state index in [1.165, 1.54) is 0 Å². The molecule has 0 aliphatic carbocycles. The van der Waals surface area contributed by atoms with E-state index in [0.717, 1.165) is 0 Å². The summed E-state index contributed by atoms with van der Waals surface area (Å²) in [5, 5.41) is 0. The van der Waals surface area contributed by atoms with Crippen LogP contribution in [0.2, 0.25) is 0 Å². The molecule has 0 saturated heterocycles. The minimum absolute atomic E-state index is 0. The second kappa shape index (κ2) is 16.4. The van der Waals surface area contributed by atoms with Crippen molar-refractivity contribution in [3.05, 3.63) is 0 Å². The summed E-state index contributed by atoms with van der Waals surface area (Å²) in [6, 6.07) is 0. The van der Waals surface area contributed by atoms with Crippen LogP contribution in [0.1, 0.15) is 41.5 Å². The van der Waals surface area contributed by atoms with Crippen LogP contribution >= 0.6 is 22.1 Å². The van der Waals surface area contributed by atoms with Crippen LogP contribution in [0, 0.1) is 41.7 Å². The third-order valence-electron chi connectivity index (χ3n) is 2.89. The minimum Gasteiger partial charge on any atom is -0.799 e. The van der Waals surface area contributed by atoms with Crippen LogP contribution in [0.5, 0.6) is 0 Å². The molecule has 0 aromatic carbocycles. The molecule has 0 saturated carbocycles. The second-order valence-electron chi connectivity index (χ2n) is 4.34. The Balaban J connectivity index is -0.000000108. The Kier molecular flexibility index (Phi) is 23.6. The first-order valence-electron chi connectivity index (χ1n) is 7.24. The van der Waals surface area contributed by atoms with E-state index in [-0.39, 0.29) is 41.7 Å². The normalized spacial score (nSPS) is 11.3. The summed E-state index contributed by atoms with van der Waals surface area (Å²) in [7, 11) is -8.71. The van der Waals surface area contributed by atoms with Crippen LogP contribution in [0.3, 0.4) is 0 Å². The van der Waals surface area contributed by atoms with Crippen LogP contribution in [-0.2, 0) is 13.7 Å². The van der Waals surface area contributed by atoms with Crippen molar-refractivity contribution in [1.29, 1.82) is 0 Å². The van der Waals surface area contributed by atoms with Gasteiger partial charge in [-0.1, -0.05) is 41.5 Å². The van der Waals surface area contributed by atoms with Gasteiger partial charge in [-0.15, -0.1) is 0 Å². The summed E-state index contributed by atoms with van der Waals surface area (Å²) in [6.07, 6.45) is 1.77. The first-order valence-corrected chi connectivity index (χ1v) is 13.2. The Labute approximate surface area is 169 Å². The van der Waals surface area contributed by atoms with Crippen molar-refractivity contribution in [2.45, 2.75) is 41.5 Å². The van der Waals surface area contributed by atoms with E-state index in [1.54, 1.807) is 41.5 Å². The summed E-state index contributed by atoms with van der Waals surface area (Å²) in [4.78, 5) is 31.2. The topological polar surface area (TPSA) is 120 Å². The molecule has 0 aromatic heterocycles. The van der Waals surface area contributed by atoms with Crippen molar-refractivity contribution in [3.8, 4) is 0 Å². The monoisotopic (exact) mass is 503 g/mol. The van der Waals surface area contributed by atoms with Crippen molar-refractivity contribution in [1.82, 2.24) is 0 Å². The van der Waals surface area contributed by atoms with E-state index in [1.807, 2.05) is 0 Å². The Hall–Kier alpha value is 1.95. The largest absolute Gasteiger partial charge is 3.00 e. The average molecular weight is 503 g/mol. The number of hydrogen-bond acceptors (Lipinski definition) is 6. The molecule has 0 aliphatic rings. The standard InChI is InChI=1S/3C4H11O2P.Ce/c3*1-3-7(5,6)4-2;/h3*3-4H2,1-2H3,(H,5,6);/q;;;+3/p-3. The fourth-order valence-electron chi connectivity index (χ4n) is 0.671. The smallest absolute Gasteiger partial charge is 0.799 e. The van der Waals surface area contributed by atoms with Crippen LogP contribution in [0.15, 0.2) is 0 Å². The van der Waals surface area contributed by atoms with Crippen molar-refractivity contribution in [2.75, 3.05) is 37.0 Å². The molecule has 0 fully saturated rings. The zero-order valence-corrected chi connectivity index (χ0v) is 20.4. The molecule has 0 aromatic rings. The molecule has 0 N–H and O–H groups in total. The van der Waals surface area contributed by atoms with Gasteiger partial charge in [-0.3, -0.25) is 0 Å². The molecule has 6 nitrogen and oxygen atoms in total. The number of rotatable bonds is 6. The van der Waals surface area contributed by atoms with Gasteiger partial charge >= 0.3 is 41.7 Å². The Morgan fingerprint density at radius 1 is 0.500 bits per heavy atom. The molecular formula is C12H30CeO6P3. The van der Waals surface area contributed by atoms with Gasteiger partial charge in [0.1, 0.15) is 0 Å². The molecular weight excluding hydrogens is 473 g/mol. The van der Waals surface area contributed by atoms with Gasteiger partial charge in [-0.05, 0) is 37.0 Å². The van der Waals surface area contributed by atoms with Gasteiger partial charge < -0.3 is 28.4 Å². The third kappa shape index (κ3) is 24.2. The predicted octanol–water partition coefficient (Wildman–Crippen LogP) is 1.99. The maximum atomic E-state index is 10.4. The maximum absolute atomic E-state index is 10.4. The molecule has 0 amide bonds.